The molecule has 0 saturated heterocycles. The molecule has 1 heterocycles. The second kappa shape index (κ2) is 7.99. The van der Waals surface area contributed by atoms with Crippen LogP contribution in [0.15, 0.2) is 11.2 Å². The average molecular weight is 379 g/mol. The van der Waals surface area contributed by atoms with Crippen LogP contribution in [0.2, 0.25) is 0 Å². The summed E-state index contributed by atoms with van der Waals surface area (Å²) >= 11 is 0.882. The van der Waals surface area contributed by atoms with Crippen molar-refractivity contribution < 1.29 is 27.4 Å². The fraction of sp³-hybridized carbons (Fsp3) is 0.615. The number of rotatable bonds is 9. The third kappa shape index (κ3) is 5.49. The number of nitrogens with two attached hydrogens (primary N) is 1. The molecule has 1 amide bonds. The Morgan fingerprint density at radius 3 is 2.12 bits per heavy atom. The van der Waals surface area contributed by atoms with Crippen LogP contribution in [-0.4, -0.2) is 68.5 Å². The second-order valence-electron chi connectivity index (χ2n) is 5.22. The number of ether oxygens (including phenoxy) is 3. The van der Waals surface area contributed by atoms with Gasteiger partial charge < -0.3 is 19.9 Å². The van der Waals surface area contributed by atoms with Crippen molar-refractivity contribution in [2.75, 3.05) is 33.3 Å². The number of methoxy groups -OCH3 is 3. The lowest BCUT2D eigenvalue weighted by atomic mass is 10.0. The van der Waals surface area contributed by atoms with Crippen LogP contribution in [-0.2, 0) is 19.4 Å². The van der Waals surface area contributed by atoms with Gasteiger partial charge in [-0.2, -0.15) is 9.97 Å². The highest BCUT2D eigenvalue weighted by molar-refractivity contribution is 8.00. The van der Waals surface area contributed by atoms with Crippen molar-refractivity contribution in [3.63, 3.8) is 0 Å². The van der Waals surface area contributed by atoms with Gasteiger partial charge in [-0.3, -0.25) is 4.79 Å². The van der Waals surface area contributed by atoms with Gasteiger partial charge in [0.05, 0.1) is 26.0 Å². The molecule has 0 radical (unpaired) electrons. The van der Waals surface area contributed by atoms with Crippen molar-refractivity contribution in [1.82, 2.24) is 9.97 Å². The lowest BCUT2D eigenvalue weighted by molar-refractivity contribution is -0.121. The first-order chi connectivity index (χ1) is 11.0. The summed E-state index contributed by atoms with van der Waals surface area (Å²) in [5, 5.41) is -0.902. The van der Waals surface area contributed by atoms with Gasteiger partial charge in [-0.25, -0.2) is 8.42 Å². The number of nitrogens with zero attached hydrogens (tertiary/aromatic N) is 2. The number of sulfone groups is 1. The summed E-state index contributed by atoms with van der Waals surface area (Å²) in [7, 11) is 0.730. The highest BCUT2D eigenvalue weighted by Gasteiger charge is 2.42. The van der Waals surface area contributed by atoms with Crippen molar-refractivity contribution in [3.05, 3.63) is 6.07 Å². The van der Waals surface area contributed by atoms with Gasteiger partial charge in [0, 0.05) is 13.4 Å². The van der Waals surface area contributed by atoms with Gasteiger partial charge in [0.25, 0.3) is 0 Å². The fourth-order valence-electron chi connectivity index (χ4n) is 2.00. The van der Waals surface area contributed by atoms with Crippen LogP contribution in [0.5, 0.6) is 11.8 Å². The molecule has 24 heavy (non-hydrogen) atoms. The van der Waals surface area contributed by atoms with Crippen LogP contribution in [0.1, 0.15) is 6.92 Å². The van der Waals surface area contributed by atoms with Crippen LogP contribution < -0.4 is 15.2 Å². The highest BCUT2D eigenvalue weighted by Crippen LogP contribution is 2.33. The lowest BCUT2D eigenvalue weighted by Gasteiger charge is -2.33. The summed E-state index contributed by atoms with van der Waals surface area (Å²) in [5.74, 6) is -0.680. The summed E-state index contributed by atoms with van der Waals surface area (Å²) in [6.45, 7) is 1.49. The Hall–Kier alpha value is -1.59. The minimum absolute atomic E-state index is 0.145. The zero-order valence-electron chi connectivity index (χ0n) is 14.1. The zero-order chi connectivity index (χ0) is 18.5. The lowest BCUT2D eigenvalue weighted by Crippen LogP contribution is -2.51. The Balaban J connectivity index is 3.24. The van der Waals surface area contributed by atoms with Gasteiger partial charge >= 0.3 is 0 Å². The number of thioether (sulfide) groups is 1. The molecule has 1 aromatic rings. The first-order valence-corrected chi connectivity index (χ1v) is 9.64. The molecule has 2 N–H and O–H groups in total. The molecule has 1 rings (SSSR count). The van der Waals surface area contributed by atoms with E-state index in [2.05, 4.69) is 9.97 Å². The van der Waals surface area contributed by atoms with Crippen molar-refractivity contribution >= 4 is 27.5 Å². The first-order valence-electron chi connectivity index (χ1n) is 6.70. The molecule has 1 aromatic heterocycles. The van der Waals surface area contributed by atoms with E-state index in [9.17, 15) is 13.2 Å². The van der Waals surface area contributed by atoms with E-state index in [4.69, 9.17) is 19.9 Å². The highest BCUT2D eigenvalue weighted by atomic mass is 32.2. The maximum atomic E-state index is 11.9. The number of carbonyl (C=O) groups is 1. The van der Waals surface area contributed by atoms with Gasteiger partial charge in [-0.05, 0) is 6.92 Å². The average Bonchev–Trinajstić information content (AvgIpc) is 2.50. The van der Waals surface area contributed by atoms with Crippen LogP contribution in [0.25, 0.3) is 0 Å². The van der Waals surface area contributed by atoms with E-state index < -0.39 is 32.3 Å². The molecule has 0 aromatic carbocycles. The SMILES string of the molecule is COc1cc(OC)nc(SC(C(N)=O)C(C)(CS(C)(=O)=O)OC)n1. The van der Waals surface area contributed by atoms with Crippen LogP contribution in [0.3, 0.4) is 0 Å². The maximum Gasteiger partial charge on any atom is 0.234 e. The normalized spacial score (nSPS) is 15.4. The summed E-state index contributed by atoms with van der Waals surface area (Å²) in [6, 6.07) is 1.47. The molecule has 2 unspecified atom stereocenters. The Bertz CT molecular complexity index is 675. The van der Waals surface area contributed by atoms with Crippen molar-refractivity contribution in [2.45, 2.75) is 22.9 Å². The van der Waals surface area contributed by atoms with E-state index >= 15 is 0 Å². The molecule has 11 heteroatoms. The molecular formula is C13H21N3O6S2. The number of hydrogen-bond acceptors (Lipinski definition) is 9. The molecule has 2 atom stereocenters. The number of amides is 1. The number of primary amides is 1. The monoisotopic (exact) mass is 379 g/mol. The smallest absolute Gasteiger partial charge is 0.234 e. The van der Waals surface area contributed by atoms with Crippen molar-refractivity contribution in [2.24, 2.45) is 5.73 Å². The summed E-state index contributed by atoms with van der Waals surface area (Å²) < 4.78 is 38.7. The summed E-state index contributed by atoms with van der Waals surface area (Å²) in [5.41, 5.74) is 4.10. The molecule has 0 aliphatic rings. The van der Waals surface area contributed by atoms with Crippen molar-refractivity contribution in [1.29, 1.82) is 0 Å². The minimum atomic E-state index is -3.43. The third-order valence-corrected chi connectivity index (χ3v) is 5.59. The second-order valence-corrected chi connectivity index (χ2v) is 8.43. The Morgan fingerprint density at radius 1 is 1.29 bits per heavy atom. The molecule has 136 valence electrons. The van der Waals surface area contributed by atoms with Gasteiger partial charge in [-0.1, -0.05) is 11.8 Å². The fourth-order valence-corrected chi connectivity index (χ4v) is 4.47. The maximum absolute atomic E-state index is 11.9. The predicted octanol–water partition coefficient (Wildman–Crippen LogP) is -0.110. The van der Waals surface area contributed by atoms with Crippen molar-refractivity contribution in [3.8, 4) is 11.8 Å². The Labute approximate surface area is 145 Å². The number of carbonyl (C=O) groups excluding carboxylic acids is 1. The summed E-state index contributed by atoms with van der Waals surface area (Å²) in [6.07, 6.45) is 1.05. The van der Waals surface area contributed by atoms with Gasteiger partial charge in [0.15, 0.2) is 5.16 Å². The molecule has 0 fully saturated rings. The van der Waals surface area contributed by atoms with E-state index in [0.717, 1.165) is 18.0 Å². The molecule has 0 aliphatic heterocycles. The van der Waals surface area contributed by atoms with E-state index in [1.54, 1.807) is 0 Å². The molecule has 9 nitrogen and oxygen atoms in total. The molecule has 0 bridgehead atoms. The standard InChI is InChI=1S/C13H21N3O6S2/c1-13(22-4,7-24(5,18)19)10(11(14)17)23-12-15-8(20-2)6-9(16-12)21-3/h6,10H,7H2,1-5H3,(H2,14,17). The summed E-state index contributed by atoms with van der Waals surface area (Å²) in [4.78, 5) is 20.1. The van der Waals surface area contributed by atoms with Gasteiger partial charge in [0.1, 0.15) is 20.7 Å². The molecular weight excluding hydrogens is 358 g/mol. The largest absolute Gasteiger partial charge is 0.481 e. The van der Waals surface area contributed by atoms with E-state index in [-0.39, 0.29) is 16.9 Å². The first kappa shape index (κ1) is 20.5. The van der Waals surface area contributed by atoms with Gasteiger partial charge in [0.2, 0.25) is 17.7 Å². The van der Waals surface area contributed by atoms with E-state index in [0.29, 0.717) is 0 Å². The Morgan fingerprint density at radius 2 is 1.79 bits per heavy atom. The zero-order valence-corrected chi connectivity index (χ0v) is 15.7. The van der Waals surface area contributed by atoms with Crippen LogP contribution in [0, 0.1) is 0 Å². The third-order valence-electron chi connectivity index (χ3n) is 3.13. The molecule has 0 spiro atoms. The predicted molar refractivity (Wildman–Crippen MR) is 89.1 cm³/mol. The van der Waals surface area contributed by atoms with Gasteiger partial charge in [-0.15, -0.1) is 0 Å². The Kier molecular flexibility index (Phi) is 6.81. The van der Waals surface area contributed by atoms with Crippen LogP contribution in [0.4, 0.5) is 0 Å². The topological polar surface area (TPSA) is 131 Å². The molecule has 0 saturated carbocycles. The number of hydrogen-bond donors (Lipinski definition) is 1. The van der Waals surface area contributed by atoms with Crippen LogP contribution >= 0.6 is 11.8 Å². The van der Waals surface area contributed by atoms with E-state index in [1.807, 2.05) is 0 Å². The molecule has 0 aliphatic carbocycles. The quantitative estimate of drug-likeness (QED) is 0.461. The number of aromatic nitrogens is 2. The van der Waals surface area contributed by atoms with E-state index in [1.165, 1.54) is 34.3 Å². The minimum Gasteiger partial charge on any atom is -0.481 e.